The van der Waals surface area contributed by atoms with Crippen LogP contribution in [0.1, 0.15) is 15.9 Å². The predicted octanol–water partition coefficient (Wildman–Crippen LogP) is 5.51. The van der Waals surface area contributed by atoms with Gasteiger partial charge >= 0.3 is 0 Å². The molecule has 0 saturated carbocycles. The van der Waals surface area contributed by atoms with Crippen molar-refractivity contribution >= 4 is 44.9 Å². The number of anilines is 1. The van der Waals surface area contributed by atoms with Crippen LogP contribution in [0.3, 0.4) is 0 Å². The van der Waals surface area contributed by atoms with Crippen molar-refractivity contribution in [2.75, 3.05) is 11.9 Å². The summed E-state index contributed by atoms with van der Waals surface area (Å²) in [6.07, 6.45) is 3.13. The largest absolute Gasteiger partial charge is 0.492 e. The number of nitrogens with zero attached hydrogens (tertiary/aromatic N) is 4. The van der Waals surface area contributed by atoms with Crippen LogP contribution < -0.4 is 10.1 Å². The van der Waals surface area contributed by atoms with E-state index in [1.54, 1.807) is 34.1 Å². The number of nitrogens with one attached hydrogen (secondary N) is 1. The highest BCUT2D eigenvalue weighted by Gasteiger charge is 2.08. The number of amides is 1. The molecule has 0 saturated heterocycles. The van der Waals surface area contributed by atoms with Crippen LogP contribution in [-0.4, -0.2) is 32.3 Å². The lowest BCUT2D eigenvalue weighted by Crippen LogP contribution is -2.12. The summed E-state index contributed by atoms with van der Waals surface area (Å²) >= 11 is 3.41. The van der Waals surface area contributed by atoms with Gasteiger partial charge in [-0.05, 0) is 42.0 Å². The number of hydrogen-bond acceptors (Lipinski definition) is 7. The van der Waals surface area contributed by atoms with E-state index < -0.39 is 0 Å². The number of hydrogen-bond donors (Lipinski definition) is 1. The van der Waals surface area contributed by atoms with E-state index in [0.717, 1.165) is 21.2 Å². The number of para-hydroxylation sites is 1. The van der Waals surface area contributed by atoms with E-state index >= 15 is 0 Å². The Bertz CT molecular complexity index is 1350. The summed E-state index contributed by atoms with van der Waals surface area (Å²) < 4.78 is 9.70. The molecule has 0 aliphatic rings. The maximum atomic E-state index is 12.7. The molecular weight excluding hydrogens is 466 g/mol. The standard InChI is InChI=1S/C25H21N5O2S2/c31-24(28-20-4-3-5-21(14-20)32-13-12-30-17-26-16-27-30)19-10-8-18(9-11-19)15-33-25-29-22-6-1-2-7-23(22)34-25/h1-11,14,16-17H,12-13,15H2,(H,28,31). The van der Waals surface area contributed by atoms with Crippen molar-refractivity contribution < 1.29 is 9.53 Å². The van der Waals surface area contributed by atoms with Crippen molar-refractivity contribution in [3.05, 3.63) is 96.6 Å². The molecule has 0 fully saturated rings. The fraction of sp³-hybridized carbons (Fsp3) is 0.120. The molecule has 9 heteroatoms. The maximum absolute atomic E-state index is 12.7. The van der Waals surface area contributed by atoms with E-state index in [1.165, 1.54) is 11.0 Å². The lowest BCUT2D eigenvalue weighted by atomic mass is 10.1. The summed E-state index contributed by atoms with van der Waals surface area (Å²) in [6, 6.07) is 23.2. The van der Waals surface area contributed by atoms with Gasteiger partial charge in [-0.1, -0.05) is 42.1 Å². The third-order valence-electron chi connectivity index (χ3n) is 5.00. The molecular formula is C25H21N5O2S2. The average molecular weight is 488 g/mol. The Morgan fingerprint density at radius 1 is 1.06 bits per heavy atom. The first kappa shape index (κ1) is 22.1. The third kappa shape index (κ3) is 5.62. The van der Waals surface area contributed by atoms with Crippen LogP contribution in [0.15, 0.2) is 89.8 Å². The van der Waals surface area contributed by atoms with E-state index in [2.05, 4.69) is 26.4 Å². The number of benzene rings is 3. The van der Waals surface area contributed by atoms with Gasteiger partial charge in [0.15, 0.2) is 4.34 Å². The Labute approximate surface area is 204 Å². The molecule has 0 spiro atoms. The van der Waals surface area contributed by atoms with Gasteiger partial charge in [-0.3, -0.25) is 4.79 Å². The molecule has 0 unspecified atom stereocenters. The van der Waals surface area contributed by atoms with Gasteiger partial charge in [-0.25, -0.2) is 14.6 Å². The molecule has 0 radical (unpaired) electrons. The lowest BCUT2D eigenvalue weighted by Gasteiger charge is -2.10. The summed E-state index contributed by atoms with van der Waals surface area (Å²) in [5.41, 5.74) is 3.46. The maximum Gasteiger partial charge on any atom is 0.255 e. The van der Waals surface area contributed by atoms with Crippen molar-refractivity contribution in [3.8, 4) is 5.75 Å². The summed E-state index contributed by atoms with van der Waals surface area (Å²) in [7, 11) is 0. The first-order chi connectivity index (χ1) is 16.7. The Kier molecular flexibility index (Phi) is 6.83. The van der Waals surface area contributed by atoms with Crippen molar-refractivity contribution in [2.45, 2.75) is 16.6 Å². The first-order valence-corrected chi connectivity index (χ1v) is 12.5. The van der Waals surface area contributed by atoms with Crippen LogP contribution in [-0.2, 0) is 12.3 Å². The summed E-state index contributed by atoms with van der Waals surface area (Å²) in [6.45, 7) is 1.05. The Hall–Kier alpha value is -3.69. The van der Waals surface area contributed by atoms with Crippen molar-refractivity contribution in [2.24, 2.45) is 0 Å². The molecule has 2 heterocycles. The normalized spacial score (nSPS) is 10.9. The molecule has 170 valence electrons. The minimum atomic E-state index is -0.162. The highest BCUT2D eigenvalue weighted by atomic mass is 32.2. The molecule has 2 aromatic heterocycles. The van der Waals surface area contributed by atoms with Crippen LogP contribution in [0.2, 0.25) is 0 Å². The molecule has 1 amide bonds. The van der Waals surface area contributed by atoms with E-state index in [4.69, 9.17) is 4.74 Å². The van der Waals surface area contributed by atoms with Crippen molar-refractivity contribution in [1.29, 1.82) is 0 Å². The highest BCUT2D eigenvalue weighted by Crippen LogP contribution is 2.31. The van der Waals surface area contributed by atoms with Gasteiger partial charge < -0.3 is 10.1 Å². The van der Waals surface area contributed by atoms with Crippen LogP contribution in [0.25, 0.3) is 10.2 Å². The molecule has 0 bridgehead atoms. The van der Waals surface area contributed by atoms with E-state index in [9.17, 15) is 4.79 Å². The van der Waals surface area contributed by atoms with Gasteiger partial charge in [0.05, 0.1) is 16.8 Å². The number of carbonyl (C=O) groups is 1. The summed E-state index contributed by atoms with van der Waals surface area (Å²) in [5, 5.41) is 6.98. The zero-order chi connectivity index (χ0) is 23.2. The highest BCUT2D eigenvalue weighted by molar-refractivity contribution is 8.00. The second-order valence-electron chi connectivity index (χ2n) is 7.42. The van der Waals surface area contributed by atoms with Gasteiger partial charge in [-0.15, -0.1) is 11.3 Å². The monoisotopic (exact) mass is 487 g/mol. The molecule has 5 aromatic rings. The van der Waals surface area contributed by atoms with E-state index in [-0.39, 0.29) is 5.91 Å². The molecule has 0 aliphatic carbocycles. The molecule has 34 heavy (non-hydrogen) atoms. The minimum Gasteiger partial charge on any atom is -0.492 e. The Balaban J connectivity index is 1.14. The number of aromatic nitrogens is 4. The number of ether oxygens (including phenoxy) is 1. The zero-order valence-electron chi connectivity index (χ0n) is 18.1. The van der Waals surface area contributed by atoms with Crippen LogP contribution >= 0.6 is 23.1 Å². The van der Waals surface area contributed by atoms with Gasteiger partial charge in [0.25, 0.3) is 5.91 Å². The fourth-order valence-electron chi connectivity index (χ4n) is 3.28. The van der Waals surface area contributed by atoms with Gasteiger partial charge in [0, 0.05) is 23.1 Å². The molecule has 7 nitrogen and oxygen atoms in total. The predicted molar refractivity (Wildman–Crippen MR) is 136 cm³/mol. The number of carbonyl (C=O) groups excluding carboxylic acids is 1. The topological polar surface area (TPSA) is 81.9 Å². The summed E-state index contributed by atoms with van der Waals surface area (Å²) in [4.78, 5) is 21.3. The SMILES string of the molecule is O=C(Nc1cccc(OCCn2cncn2)c1)c1ccc(CSc2nc3ccccc3s2)cc1. The van der Waals surface area contributed by atoms with Crippen molar-refractivity contribution in [1.82, 2.24) is 19.7 Å². The Morgan fingerprint density at radius 3 is 2.76 bits per heavy atom. The minimum absolute atomic E-state index is 0.162. The van der Waals surface area contributed by atoms with Gasteiger partial charge in [0.2, 0.25) is 0 Å². The number of rotatable bonds is 9. The van der Waals surface area contributed by atoms with E-state index in [1.807, 2.05) is 66.7 Å². The molecule has 0 atom stereocenters. The molecule has 1 N–H and O–H groups in total. The quantitative estimate of drug-likeness (QED) is 0.276. The fourth-order valence-corrected chi connectivity index (χ4v) is 5.31. The first-order valence-electron chi connectivity index (χ1n) is 10.7. The second kappa shape index (κ2) is 10.5. The number of thioether (sulfide) groups is 1. The van der Waals surface area contributed by atoms with Crippen LogP contribution in [0, 0.1) is 0 Å². The average Bonchev–Trinajstić information content (AvgIpc) is 3.53. The van der Waals surface area contributed by atoms with Crippen molar-refractivity contribution in [3.63, 3.8) is 0 Å². The number of thiazole rings is 1. The van der Waals surface area contributed by atoms with Gasteiger partial charge in [-0.2, -0.15) is 5.10 Å². The van der Waals surface area contributed by atoms with Crippen LogP contribution in [0.4, 0.5) is 5.69 Å². The van der Waals surface area contributed by atoms with Crippen LogP contribution in [0.5, 0.6) is 5.75 Å². The molecule has 0 aliphatic heterocycles. The summed E-state index contributed by atoms with van der Waals surface area (Å²) in [5.74, 6) is 1.32. The van der Waals surface area contributed by atoms with E-state index in [0.29, 0.717) is 30.2 Å². The molecule has 5 rings (SSSR count). The smallest absolute Gasteiger partial charge is 0.255 e. The lowest BCUT2D eigenvalue weighted by molar-refractivity contribution is 0.102. The number of fused-ring (bicyclic) bond motifs is 1. The third-order valence-corrected chi connectivity index (χ3v) is 7.25. The molecule has 3 aromatic carbocycles. The zero-order valence-corrected chi connectivity index (χ0v) is 19.8. The van der Waals surface area contributed by atoms with Gasteiger partial charge in [0.1, 0.15) is 25.0 Å². The Morgan fingerprint density at radius 2 is 1.94 bits per heavy atom. The second-order valence-corrected chi connectivity index (χ2v) is 9.68.